The van der Waals surface area contributed by atoms with Gasteiger partial charge in [0.1, 0.15) is 0 Å². The van der Waals surface area contributed by atoms with Gasteiger partial charge in [-0.05, 0) is 42.0 Å². The number of nitrogen functional groups attached to an aromatic ring is 1. The summed E-state index contributed by atoms with van der Waals surface area (Å²) in [4.78, 5) is 2.53. The van der Waals surface area contributed by atoms with Crippen LogP contribution in [-0.4, -0.2) is 24.2 Å². The van der Waals surface area contributed by atoms with Gasteiger partial charge >= 0.3 is 0 Å². The first-order valence-corrected chi connectivity index (χ1v) is 6.97. The van der Waals surface area contributed by atoms with Crippen molar-refractivity contribution < 1.29 is 4.74 Å². The molecule has 0 aliphatic carbocycles. The van der Waals surface area contributed by atoms with Crippen molar-refractivity contribution in [1.82, 2.24) is 4.90 Å². The number of nitrogens with zero attached hydrogens (tertiary/aromatic N) is 1. The molecule has 0 aromatic heterocycles. The third-order valence-corrected chi connectivity index (χ3v) is 4.26. The highest BCUT2D eigenvalue weighted by Gasteiger charge is 2.30. The van der Waals surface area contributed by atoms with E-state index in [-0.39, 0.29) is 0 Å². The zero-order valence-corrected chi connectivity index (χ0v) is 11.1. The van der Waals surface area contributed by atoms with Crippen LogP contribution in [0.4, 0.5) is 5.69 Å². The molecule has 3 heteroatoms. The minimum atomic E-state index is 0.471. The van der Waals surface area contributed by atoms with E-state index >= 15 is 0 Å². The second-order valence-electron chi connectivity index (χ2n) is 5.56. The normalized spacial score (nSPS) is 27.6. The van der Waals surface area contributed by atoms with Gasteiger partial charge in [0.05, 0.1) is 6.10 Å². The summed E-state index contributed by atoms with van der Waals surface area (Å²) in [5.41, 5.74) is 9.57. The van der Waals surface area contributed by atoms with Crippen molar-refractivity contribution in [3.63, 3.8) is 0 Å². The fourth-order valence-corrected chi connectivity index (χ4v) is 3.30. The molecule has 0 amide bonds. The molecule has 0 saturated carbocycles. The van der Waals surface area contributed by atoms with E-state index in [4.69, 9.17) is 10.5 Å². The molecule has 1 saturated heterocycles. The second-order valence-corrected chi connectivity index (χ2v) is 5.56. The number of benzene rings is 1. The van der Waals surface area contributed by atoms with E-state index in [1.54, 1.807) is 0 Å². The molecule has 2 N–H and O–H groups in total. The lowest BCUT2D eigenvalue weighted by atomic mass is 9.99. The molecule has 2 aliphatic heterocycles. The number of anilines is 1. The largest absolute Gasteiger partial charge is 0.399 e. The van der Waals surface area contributed by atoms with E-state index in [2.05, 4.69) is 24.0 Å². The van der Waals surface area contributed by atoms with Crippen molar-refractivity contribution in [2.24, 2.45) is 5.92 Å². The monoisotopic (exact) mass is 246 g/mol. The molecule has 2 atom stereocenters. The summed E-state index contributed by atoms with van der Waals surface area (Å²) in [6.45, 7) is 6.45. The topological polar surface area (TPSA) is 38.5 Å². The van der Waals surface area contributed by atoms with Crippen LogP contribution in [0.5, 0.6) is 0 Å². The van der Waals surface area contributed by atoms with Gasteiger partial charge in [0, 0.05) is 31.9 Å². The third kappa shape index (κ3) is 2.25. The highest BCUT2D eigenvalue weighted by Crippen LogP contribution is 2.29. The van der Waals surface area contributed by atoms with Gasteiger partial charge in [-0.3, -0.25) is 4.90 Å². The fourth-order valence-electron chi connectivity index (χ4n) is 3.30. The van der Waals surface area contributed by atoms with Gasteiger partial charge in [0.15, 0.2) is 0 Å². The van der Waals surface area contributed by atoms with Crippen LogP contribution in [0.25, 0.3) is 0 Å². The zero-order chi connectivity index (χ0) is 12.5. The summed E-state index contributed by atoms with van der Waals surface area (Å²) in [5, 5.41) is 0. The molecule has 0 radical (unpaired) electrons. The summed E-state index contributed by atoms with van der Waals surface area (Å²) in [6.07, 6.45) is 2.82. The Morgan fingerprint density at radius 2 is 2.17 bits per heavy atom. The number of rotatable bonds is 3. The number of hydrogen-bond donors (Lipinski definition) is 1. The van der Waals surface area contributed by atoms with Crippen molar-refractivity contribution in [2.45, 2.75) is 39.0 Å². The average molecular weight is 246 g/mol. The number of hydrogen-bond acceptors (Lipinski definition) is 3. The highest BCUT2D eigenvalue weighted by atomic mass is 16.5. The van der Waals surface area contributed by atoms with Crippen LogP contribution in [0.3, 0.4) is 0 Å². The molecule has 1 aromatic carbocycles. The molecule has 0 bridgehead atoms. The Hall–Kier alpha value is -1.06. The Labute approximate surface area is 109 Å². The zero-order valence-electron chi connectivity index (χ0n) is 11.1. The molecular weight excluding hydrogens is 224 g/mol. The van der Waals surface area contributed by atoms with Gasteiger partial charge < -0.3 is 10.5 Å². The maximum Gasteiger partial charge on any atom is 0.0613 e. The number of fused-ring (bicyclic) bond motifs is 1. The molecule has 18 heavy (non-hydrogen) atoms. The molecule has 3 nitrogen and oxygen atoms in total. The van der Waals surface area contributed by atoms with E-state index in [1.165, 1.54) is 17.5 Å². The lowest BCUT2D eigenvalue weighted by Gasteiger charge is -2.23. The Balaban J connectivity index is 1.64. The van der Waals surface area contributed by atoms with Gasteiger partial charge in [-0.25, -0.2) is 0 Å². The van der Waals surface area contributed by atoms with E-state index in [9.17, 15) is 0 Å². The summed E-state index contributed by atoms with van der Waals surface area (Å²) in [5.74, 6) is 0.710. The predicted octanol–water partition coefficient (Wildman–Crippen LogP) is 2.40. The van der Waals surface area contributed by atoms with Crippen LogP contribution in [0.2, 0.25) is 0 Å². The molecule has 2 aliphatic rings. The van der Waals surface area contributed by atoms with Gasteiger partial charge in [0.25, 0.3) is 0 Å². The van der Waals surface area contributed by atoms with Crippen molar-refractivity contribution in [2.75, 3.05) is 18.9 Å². The van der Waals surface area contributed by atoms with Crippen LogP contribution in [-0.2, 0) is 17.8 Å². The van der Waals surface area contributed by atoms with Gasteiger partial charge in [0.2, 0.25) is 0 Å². The first kappa shape index (κ1) is 12.0. The van der Waals surface area contributed by atoms with Crippen LogP contribution >= 0.6 is 0 Å². The third-order valence-electron chi connectivity index (χ3n) is 4.26. The van der Waals surface area contributed by atoms with Gasteiger partial charge in [-0.1, -0.05) is 13.0 Å². The van der Waals surface area contributed by atoms with Gasteiger partial charge in [-0.15, -0.1) is 0 Å². The Morgan fingerprint density at radius 3 is 3.00 bits per heavy atom. The average Bonchev–Trinajstić information content (AvgIpc) is 2.94. The molecule has 0 spiro atoms. The van der Waals surface area contributed by atoms with E-state index in [0.717, 1.165) is 38.3 Å². The molecule has 2 heterocycles. The minimum Gasteiger partial charge on any atom is -0.399 e. The number of ether oxygens (including phenoxy) is 1. The van der Waals surface area contributed by atoms with Crippen molar-refractivity contribution in [3.8, 4) is 0 Å². The lowest BCUT2D eigenvalue weighted by Crippen LogP contribution is -2.29. The lowest BCUT2D eigenvalue weighted by molar-refractivity contribution is 0.0750. The summed E-state index contributed by atoms with van der Waals surface area (Å²) in [7, 11) is 0. The first-order valence-electron chi connectivity index (χ1n) is 6.97. The molecular formula is C15H22N2O. The van der Waals surface area contributed by atoms with E-state index < -0.39 is 0 Å². The van der Waals surface area contributed by atoms with Gasteiger partial charge in [-0.2, -0.15) is 0 Å². The van der Waals surface area contributed by atoms with Crippen LogP contribution in [0, 0.1) is 5.92 Å². The van der Waals surface area contributed by atoms with Crippen molar-refractivity contribution in [1.29, 1.82) is 0 Å². The Bertz CT molecular complexity index is 433. The van der Waals surface area contributed by atoms with Crippen molar-refractivity contribution >= 4 is 5.69 Å². The summed E-state index contributed by atoms with van der Waals surface area (Å²) in [6, 6.07) is 6.31. The van der Waals surface area contributed by atoms with E-state index in [0.29, 0.717) is 12.0 Å². The standard InChI is InChI=1S/C15H22N2O/c1-2-15-12(5-6-18-15)9-17-8-11-3-4-14(16)7-13(11)10-17/h3-4,7,12,15H,2,5-6,8-10,16H2,1H3. The Kier molecular flexibility index (Phi) is 3.27. The highest BCUT2D eigenvalue weighted by molar-refractivity contribution is 5.46. The van der Waals surface area contributed by atoms with Crippen LogP contribution < -0.4 is 5.73 Å². The molecule has 98 valence electrons. The summed E-state index contributed by atoms with van der Waals surface area (Å²) >= 11 is 0. The Morgan fingerprint density at radius 1 is 1.33 bits per heavy atom. The van der Waals surface area contributed by atoms with E-state index in [1.807, 2.05) is 6.07 Å². The predicted molar refractivity (Wildman–Crippen MR) is 73.1 cm³/mol. The molecule has 1 fully saturated rings. The summed E-state index contributed by atoms with van der Waals surface area (Å²) < 4.78 is 5.77. The van der Waals surface area contributed by atoms with Crippen LogP contribution in [0.1, 0.15) is 30.9 Å². The number of nitrogens with two attached hydrogens (primary N) is 1. The minimum absolute atomic E-state index is 0.471. The fraction of sp³-hybridized carbons (Fsp3) is 0.600. The first-order chi connectivity index (χ1) is 8.76. The van der Waals surface area contributed by atoms with Crippen LogP contribution in [0.15, 0.2) is 18.2 Å². The molecule has 1 aromatic rings. The maximum absolute atomic E-state index is 5.84. The second kappa shape index (κ2) is 4.90. The SMILES string of the molecule is CCC1OCCC1CN1Cc2ccc(N)cc2C1. The molecule has 3 rings (SSSR count). The van der Waals surface area contributed by atoms with Crippen molar-refractivity contribution in [3.05, 3.63) is 29.3 Å². The molecule has 2 unspecified atom stereocenters. The smallest absolute Gasteiger partial charge is 0.0613 e. The quantitative estimate of drug-likeness (QED) is 0.832. The maximum atomic E-state index is 5.84.